The van der Waals surface area contributed by atoms with E-state index in [0.29, 0.717) is 16.4 Å². The van der Waals surface area contributed by atoms with Crippen LogP contribution >= 0.6 is 56.8 Å². The summed E-state index contributed by atoms with van der Waals surface area (Å²) < 4.78 is 29.4. The van der Waals surface area contributed by atoms with Crippen LogP contribution in [0.15, 0.2) is 65.7 Å². The molecular weight excluding hydrogens is 628 g/mol. The van der Waals surface area contributed by atoms with Crippen molar-refractivity contribution in [3.63, 3.8) is 0 Å². The number of halogens is 3. The van der Waals surface area contributed by atoms with E-state index in [-0.39, 0.29) is 16.5 Å². The fourth-order valence-corrected chi connectivity index (χ4v) is 4.71. The van der Waals surface area contributed by atoms with E-state index in [1.54, 1.807) is 36.5 Å². The Morgan fingerprint density at radius 1 is 0.964 bits per heavy atom. The van der Waals surface area contributed by atoms with Gasteiger partial charge in [-0.15, -0.1) is 0 Å². The van der Waals surface area contributed by atoms with Crippen LogP contribution in [0.1, 0.15) is 10.5 Å². The van der Waals surface area contributed by atoms with E-state index in [0.717, 1.165) is 7.14 Å². The van der Waals surface area contributed by atoms with E-state index < -0.39 is 10.0 Å². The third kappa shape index (κ3) is 5.33. The first-order chi connectivity index (χ1) is 13.2. The van der Waals surface area contributed by atoms with E-state index in [1.165, 1.54) is 24.3 Å². The molecule has 144 valence electrons. The van der Waals surface area contributed by atoms with Gasteiger partial charge >= 0.3 is 0 Å². The predicted molar refractivity (Wildman–Crippen MR) is 126 cm³/mol. The van der Waals surface area contributed by atoms with Crippen molar-refractivity contribution < 1.29 is 13.2 Å². The molecule has 3 aromatic rings. The summed E-state index contributed by atoms with van der Waals surface area (Å²) >= 11 is 10.3. The molecule has 0 atom stereocenters. The van der Waals surface area contributed by atoms with E-state index in [2.05, 4.69) is 60.2 Å². The summed E-state index contributed by atoms with van der Waals surface area (Å²) in [5.74, 6) is -0.377. The minimum atomic E-state index is -3.81. The molecule has 0 aliphatic rings. The maximum Gasteiger partial charge on any atom is 0.274 e. The normalized spacial score (nSPS) is 11.1. The number of nitrogens with zero attached hydrogens (tertiary/aromatic N) is 1. The van der Waals surface area contributed by atoms with Crippen LogP contribution in [0.25, 0.3) is 0 Å². The fourth-order valence-electron chi connectivity index (χ4n) is 2.22. The van der Waals surface area contributed by atoms with Crippen LogP contribution in [0.2, 0.25) is 5.02 Å². The zero-order chi connectivity index (χ0) is 20.3. The molecular formula is C18H12ClI2N3O3S. The number of benzene rings is 2. The Morgan fingerprint density at radius 3 is 2.29 bits per heavy atom. The van der Waals surface area contributed by atoms with Gasteiger partial charge in [-0.2, -0.15) is 0 Å². The second-order valence-corrected chi connectivity index (χ2v) is 10.1. The smallest absolute Gasteiger partial charge is 0.274 e. The van der Waals surface area contributed by atoms with Crippen LogP contribution in [-0.2, 0) is 10.0 Å². The minimum Gasteiger partial charge on any atom is -0.321 e. The highest BCUT2D eigenvalue weighted by molar-refractivity contribution is 14.1. The SMILES string of the molecule is O=C(Nc1ccc(S(=O)(=O)Nc2ccc(I)cc2Cl)cc1)c1cc(I)ccn1. The molecule has 0 fully saturated rings. The number of pyridine rings is 1. The average molecular weight is 640 g/mol. The summed E-state index contributed by atoms with van der Waals surface area (Å²) in [4.78, 5) is 16.3. The number of hydrogen-bond donors (Lipinski definition) is 2. The number of sulfonamides is 1. The van der Waals surface area contributed by atoms with Crippen molar-refractivity contribution in [3.8, 4) is 0 Å². The summed E-state index contributed by atoms with van der Waals surface area (Å²) in [6.45, 7) is 0. The number of aromatic nitrogens is 1. The number of nitrogens with one attached hydrogen (secondary N) is 2. The zero-order valence-electron chi connectivity index (χ0n) is 14.0. The molecule has 0 aliphatic carbocycles. The lowest BCUT2D eigenvalue weighted by Gasteiger charge is -2.11. The Hall–Kier alpha value is -1.44. The first kappa shape index (κ1) is 21.3. The van der Waals surface area contributed by atoms with Gasteiger partial charge in [0.2, 0.25) is 0 Å². The Labute approximate surface area is 194 Å². The van der Waals surface area contributed by atoms with Gasteiger partial charge in [-0.3, -0.25) is 14.5 Å². The van der Waals surface area contributed by atoms with Crippen molar-refractivity contribution >= 4 is 84.1 Å². The predicted octanol–water partition coefficient (Wildman–Crippen LogP) is 5.00. The van der Waals surface area contributed by atoms with Gasteiger partial charge in [-0.1, -0.05) is 11.6 Å². The van der Waals surface area contributed by atoms with E-state index in [9.17, 15) is 13.2 Å². The Kier molecular flexibility index (Phi) is 6.78. The number of amides is 1. The molecule has 10 heteroatoms. The van der Waals surface area contributed by atoms with Gasteiger partial charge < -0.3 is 5.32 Å². The molecule has 1 aromatic heterocycles. The summed E-state index contributed by atoms with van der Waals surface area (Å²) in [6, 6.07) is 14.3. The van der Waals surface area contributed by atoms with Gasteiger partial charge in [0.1, 0.15) is 5.69 Å². The van der Waals surface area contributed by atoms with E-state index >= 15 is 0 Å². The number of rotatable bonds is 5. The molecule has 1 heterocycles. The largest absolute Gasteiger partial charge is 0.321 e. The van der Waals surface area contributed by atoms with Gasteiger partial charge in [0.25, 0.3) is 15.9 Å². The lowest BCUT2D eigenvalue weighted by Crippen LogP contribution is -2.15. The van der Waals surface area contributed by atoms with Crippen molar-refractivity contribution in [2.45, 2.75) is 4.90 Å². The molecule has 2 aromatic carbocycles. The van der Waals surface area contributed by atoms with Crippen LogP contribution in [0, 0.1) is 7.14 Å². The first-order valence-electron chi connectivity index (χ1n) is 7.75. The lowest BCUT2D eigenvalue weighted by molar-refractivity contribution is 0.102. The summed E-state index contributed by atoms with van der Waals surface area (Å²) in [6.07, 6.45) is 1.55. The number of carbonyl (C=O) groups excluding carboxylic acids is 1. The first-order valence-corrected chi connectivity index (χ1v) is 11.8. The maximum atomic E-state index is 12.6. The van der Waals surface area contributed by atoms with Gasteiger partial charge in [0.05, 0.1) is 15.6 Å². The van der Waals surface area contributed by atoms with Crippen molar-refractivity contribution in [3.05, 3.63) is 78.7 Å². The molecule has 0 unspecified atom stereocenters. The fraction of sp³-hybridized carbons (Fsp3) is 0. The van der Waals surface area contributed by atoms with E-state index in [4.69, 9.17) is 11.6 Å². The minimum absolute atomic E-state index is 0.0486. The molecule has 3 rings (SSSR count). The number of hydrogen-bond acceptors (Lipinski definition) is 4. The molecule has 0 radical (unpaired) electrons. The van der Waals surface area contributed by atoms with Crippen molar-refractivity contribution in [1.82, 2.24) is 4.98 Å². The molecule has 0 aliphatic heterocycles. The monoisotopic (exact) mass is 639 g/mol. The van der Waals surface area contributed by atoms with Gasteiger partial charge in [-0.25, -0.2) is 8.42 Å². The quantitative estimate of drug-likeness (QED) is 0.385. The molecule has 1 amide bonds. The Morgan fingerprint density at radius 2 is 1.64 bits per heavy atom. The Bertz CT molecular complexity index is 1140. The van der Waals surface area contributed by atoms with Crippen LogP contribution in [-0.4, -0.2) is 19.3 Å². The lowest BCUT2D eigenvalue weighted by atomic mass is 10.3. The summed E-state index contributed by atoms with van der Waals surface area (Å²) in [5, 5.41) is 3.00. The third-order valence-corrected chi connectivity index (χ3v) is 6.59. The third-order valence-electron chi connectivity index (χ3n) is 3.55. The number of anilines is 2. The highest BCUT2D eigenvalue weighted by Crippen LogP contribution is 2.26. The number of carbonyl (C=O) groups is 1. The Balaban J connectivity index is 1.75. The molecule has 0 bridgehead atoms. The molecule has 28 heavy (non-hydrogen) atoms. The average Bonchev–Trinajstić information content (AvgIpc) is 2.64. The standard InChI is InChI=1S/C18H12ClI2N3O3S/c19-15-9-11(20)1-6-16(15)24-28(26,27)14-4-2-13(3-5-14)23-18(25)17-10-12(21)7-8-22-17/h1-10,24H,(H,23,25). The highest BCUT2D eigenvalue weighted by atomic mass is 127. The van der Waals surface area contributed by atoms with Crippen LogP contribution in [0.5, 0.6) is 0 Å². The highest BCUT2D eigenvalue weighted by Gasteiger charge is 2.16. The molecule has 6 nitrogen and oxygen atoms in total. The van der Waals surface area contributed by atoms with Crippen molar-refractivity contribution in [2.24, 2.45) is 0 Å². The topological polar surface area (TPSA) is 88.2 Å². The molecule has 0 saturated heterocycles. The second kappa shape index (κ2) is 8.93. The van der Waals surface area contributed by atoms with Crippen molar-refractivity contribution in [2.75, 3.05) is 10.0 Å². The van der Waals surface area contributed by atoms with Crippen LogP contribution in [0.3, 0.4) is 0 Å². The van der Waals surface area contributed by atoms with Crippen molar-refractivity contribution in [1.29, 1.82) is 0 Å². The van der Waals surface area contributed by atoms with E-state index in [1.807, 2.05) is 0 Å². The van der Waals surface area contributed by atoms with Gasteiger partial charge in [0, 0.05) is 19.0 Å². The van der Waals surface area contributed by atoms with Crippen LogP contribution in [0.4, 0.5) is 11.4 Å². The zero-order valence-corrected chi connectivity index (χ0v) is 19.9. The van der Waals surface area contributed by atoms with Gasteiger partial charge in [0.15, 0.2) is 0 Å². The molecule has 2 N–H and O–H groups in total. The molecule has 0 spiro atoms. The summed E-state index contributed by atoms with van der Waals surface area (Å²) in [5.41, 5.74) is 1.03. The molecule has 0 saturated carbocycles. The van der Waals surface area contributed by atoms with Crippen LogP contribution < -0.4 is 10.0 Å². The maximum absolute atomic E-state index is 12.6. The second-order valence-electron chi connectivity index (χ2n) is 5.57. The summed E-state index contributed by atoms with van der Waals surface area (Å²) in [7, 11) is -3.81. The van der Waals surface area contributed by atoms with Gasteiger partial charge in [-0.05, 0) is 99.8 Å².